The predicted octanol–water partition coefficient (Wildman–Crippen LogP) is 5.16. The Morgan fingerprint density at radius 3 is 2.56 bits per heavy atom. The van der Waals surface area contributed by atoms with Gasteiger partial charge in [0, 0.05) is 68.0 Å². The molecule has 3 atom stereocenters. The second-order valence-electron chi connectivity index (χ2n) is 18.8. The van der Waals surface area contributed by atoms with E-state index in [9.17, 15) is 28.0 Å². The second kappa shape index (κ2) is 16.6. The monoisotopic (exact) mass is 867 g/mol. The van der Waals surface area contributed by atoms with E-state index in [4.69, 9.17) is 9.73 Å². The molecule has 2 aromatic rings. The molecule has 8 aliphatic rings. The number of hydrogen-bond donors (Lipinski definition) is 3. The van der Waals surface area contributed by atoms with Crippen LogP contribution in [0.25, 0.3) is 0 Å². The molecule has 1 aromatic carbocycles. The molecular weight excluding hydrogens is 813 g/mol. The minimum absolute atomic E-state index is 0.00498. The highest BCUT2D eigenvalue weighted by Gasteiger charge is 2.47. The molecule has 16 nitrogen and oxygen atoms in total. The molecule has 6 fully saturated rings. The Labute approximate surface area is 364 Å². The van der Waals surface area contributed by atoms with Crippen molar-refractivity contribution in [2.24, 2.45) is 21.4 Å². The Balaban J connectivity index is 0.697. The fourth-order valence-corrected chi connectivity index (χ4v) is 11.4. The molecule has 2 bridgehead atoms. The first-order valence-electron chi connectivity index (χ1n) is 22.5. The van der Waals surface area contributed by atoms with Crippen molar-refractivity contribution < 1.29 is 32.7 Å². The molecule has 2 saturated carbocycles. The van der Waals surface area contributed by atoms with E-state index >= 15 is 0 Å². The summed E-state index contributed by atoms with van der Waals surface area (Å²) in [6.07, 6.45) is 11.9. The summed E-state index contributed by atoms with van der Waals surface area (Å²) >= 11 is 0. The summed E-state index contributed by atoms with van der Waals surface area (Å²) in [5.41, 5.74) is 2.58. The number of likely N-dealkylation sites (tertiary alicyclic amines) is 2. The second-order valence-corrected chi connectivity index (χ2v) is 18.8. The summed E-state index contributed by atoms with van der Waals surface area (Å²) in [4.78, 5) is 62.3. The van der Waals surface area contributed by atoms with Crippen LogP contribution in [-0.2, 0) is 25.7 Å². The molecule has 7 heterocycles. The maximum absolute atomic E-state index is 14.3. The van der Waals surface area contributed by atoms with Gasteiger partial charge in [0.15, 0.2) is 11.5 Å². The molecule has 1 aromatic heterocycles. The zero-order chi connectivity index (χ0) is 43.6. The number of nitrogens with one attached hydrogen (secondary N) is 3. The summed E-state index contributed by atoms with van der Waals surface area (Å²) in [5.74, 6) is 0.0760. The number of aromatic nitrogens is 2. The summed E-state index contributed by atoms with van der Waals surface area (Å²) in [6, 6.07) is 5.61. The van der Waals surface area contributed by atoms with Crippen molar-refractivity contribution in [1.82, 2.24) is 34.8 Å². The smallest absolute Gasteiger partial charge is 0.284 e. The number of anilines is 2. The number of amides is 4. The van der Waals surface area contributed by atoms with Gasteiger partial charge in [0.1, 0.15) is 11.9 Å². The van der Waals surface area contributed by atoms with E-state index < -0.39 is 30.0 Å². The summed E-state index contributed by atoms with van der Waals surface area (Å²) < 4.78 is 36.1. The standard InChI is InChI=1S/C45H55F2N11O5/c1-26(41-51-37(12-15-57(41)48-2)55-22-31-18-30(55)25-63-31)42(60)50-35-24-58(53-39(35)40(46)47)29-8-6-27(7-9-29)21-54-16-13-45(14-17-54)19-28(20-45)49-34-5-3-4-32-33(34)23-56(44(32)62)36-10-11-38(59)52-43(36)61/h3-5,12,15,24,27-31,36,40,49H,2,6-11,13-14,16-23,25H2,1H3,(H,50,60)(H,52,59,61)/b41-26+/t27-,29-,30-,31-,36?/m1/s1. The van der Waals surface area contributed by atoms with Crippen LogP contribution in [0.3, 0.4) is 0 Å². The number of hydrogen-bond acceptors (Lipinski definition) is 12. The van der Waals surface area contributed by atoms with Gasteiger partial charge in [0.2, 0.25) is 11.8 Å². The molecule has 0 radical (unpaired) electrons. The van der Waals surface area contributed by atoms with Crippen molar-refractivity contribution in [3.05, 3.63) is 64.9 Å². The lowest BCUT2D eigenvalue weighted by Gasteiger charge is -2.53. The minimum atomic E-state index is -2.86. The third-order valence-corrected chi connectivity index (χ3v) is 15.0. The quantitative estimate of drug-likeness (QED) is 0.165. The fourth-order valence-electron chi connectivity index (χ4n) is 11.4. The zero-order valence-electron chi connectivity index (χ0n) is 35.6. The average Bonchev–Trinajstić information content (AvgIpc) is 4.08. The van der Waals surface area contributed by atoms with Crippen molar-refractivity contribution in [3.8, 4) is 0 Å². The van der Waals surface area contributed by atoms with Crippen molar-refractivity contribution >= 4 is 47.6 Å². The summed E-state index contributed by atoms with van der Waals surface area (Å²) in [5, 5.41) is 18.5. The number of rotatable bonds is 10. The van der Waals surface area contributed by atoms with Crippen LogP contribution in [0.15, 0.2) is 58.2 Å². The van der Waals surface area contributed by atoms with Gasteiger partial charge >= 0.3 is 0 Å². The molecule has 4 amide bonds. The topological polar surface area (TPSA) is 169 Å². The Morgan fingerprint density at radius 1 is 1.06 bits per heavy atom. The van der Waals surface area contributed by atoms with Crippen LogP contribution in [0.5, 0.6) is 0 Å². The molecule has 1 spiro atoms. The van der Waals surface area contributed by atoms with Gasteiger partial charge in [0.05, 0.1) is 36.1 Å². The van der Waals surface area contributed by atoms with Crippen LogP contribution >= 0.6 is 0 Å². The highest BCUT2D eigenvalue weighted by Crippen LogP contribution is 2.51. The molecule has 6 aliphatic heterocycles. The molecule has 1 unspecified atom stereocenters. The summed E-state index contributed by atoms with van der Waals surface area (Å²) in [7, 11) is 0. The van der Waals surface area contributed by atoms with E-state index in [-0.39, 0.29) is 53.5 Å². The van der Waals surface area contributed by atoms with Crippen molar-refractivity contribution in [1.29, 1.82) is 0 Å². The van der Waals surface area contributed by atoms with Crippen LogP contribution in [0, 0.1) is 11.3 Å². The number of nitrogens with zero attached hydrogens (tertiary/aromatic N) is 8. The minimum Gasteiger partial charge on any atom is -0.382 e. The van der Waals surface area contributed by atoms with Gasteiger partial charge in [-0.3, -0.25) is 29.2 Å². The number of piperidine rings is 2. The summed E-state index contributed by atoms with van der Waals surface area (Å²) in [6.45, 7) is 10.0. The first-order chi connectivity index (χ1) is 30.4. The van der Waals surface area contributed by atoms with Gasteiger partial charge < -0.3 is 30.1 Å². The maximum Gasteiger partial charge on any atom is 0.284 e. The van der Waals surface area contributed by atoms with Gasteiger partial charge in [-0.15, -0.1) is 0 Å². The normalized spacial score (nSPS) is 29.0. The molecule has 10 rings (SSSR count). The van der Waals surface area contributed by atoms with E-state index in [0.717, 1.165) is 88.7 Å². The van der Waals surface area contributed by atoms with Crippen LogP contribution in [0.1, 0.15) is 112 Å². The first kappa shape index (κ1) is 41.5. The van der Waals surface area contributed by atoms with Crippen molar-refractivity contribution in [3.63, 3.8) is 0 Å². The van der Waals surface area contributed by atoms with E-state index in [0.29, 0.717) is 54.9 Å². The predicted molar refractivity (Wildman–Crippen MR) is 230 cm³/mol. The zero-order valence-corrected chi connectivity index (χ0v) is 35.6. The van der Waals surface area contributed by atoms with Gasteiger partial charge in [-0.2, -0.15) is 10.2 Å². The van der Waals surface area contributed by atoms with Crippen LogP contribution < -0.4 is 16.0 Å². The number of ether oxygens (including phenoxy) is 1. The van der Waals surface area contributed by atoms with Crippen LogP contribution in [0.2, 0.25) is 0 Å². The molecule has 334 valence electrons. The molecule has 2 aliphatic carbocycles. The highest BCUT2D eigenvalue weighted by molar-refractivity contribution is 6.06. The number of aliphatic imine (C=N–C) groups is 1. The number of halogens is 2. The van der Waals surface area contributed by atoms with E-state index in [1.807, 2.05) is 24.3 Å². The Bertz CT molecular complexity index is 2290. The lowest BCUT2D eigenvalue weighted by atomic mass is 9.60. The molecule has 18 heteroatoms. The number of alkyl halides is 2. The van der Waals surface area contributed by atoms with E-state index in [1.54, 1.807) is 28.9 Å². The van der Waals surface area contributed by atoms with E-state index in [1.165, 1.54) is 5.01 Å². The van der Waals surface area contributed by atoms with Crippen LogP contribution in [-0.4, -0.2) is 123 Å². The Morgan fingerprint density at radius 2 is 1.86 bits per heavy atom. The number of carbonyl (C=O) groups is 4. The van der Waals surface area contributed by atoms with Gasteiger partial charge in [0.25, 0.3) is 18.2 Å². The number of carbonyl (C=O) groups excluding carboxylic acids is 4. The van der Waals surface area contributed by atoms with Crippen molar-refractivity contribution in [2.45, 2.75) is 121 Å². The van der Waals surface area contributed by atoms with Crippen molar-refractivity contribution in [2.75, 3.05) is 43.4 Å². The number of hydrazone groups is 1. The number of fused-ring (bicyclic) bond motifs is 3. The lowest BCUT2D eigenvalue weighted by molar-refractivity contribution is -0.137. The average molecular weight is 868 g/mol. The Hall–Kier alpha value is -5.49. The van der Waals surface area contributed by atoms with Gasteiger partial charge in [-0.1, -0.05) is 6.07 Å². The molecule has 63 heavy (non-hydrogen) atoms. The molecule has 3 N–H and O–H groups in total. The van der Waals surface area contributed by atoms with Gasteiger partial charge in [-0.25, -0.2) is 18.8 Å². The maximum atomic E-state index is 14.3. The third-order valence-electron chi connectivity index (χ3n) is 15.0. The number of imide groups is 1. The largest absolute Gasteiger partial charge is 0.382 e. The lowest BCUT2D eigenvalue weighted by Crippen LogP contribution is -2.52. The third kappa shape index (κ3) is 7.93. The highest BCUT2D eigenvalue weighted by atomic mass is 19.3. The molecular formula is C45H55F2N11O5. The number of morpholine rings is 1. The van der Waals surface area contributed by atoms with E-state index in [2.05, 4.69) is 42.7 Å². The first-order valence-corrected chi connectivity index (χ1v) is 22.5. The van der Waals surface area contributed by atoms with Crippen LogP contribution in [0.4, 0.5) is 20.2 Å². The fraction of sp³-hybridized carbons (Fsp3) is 0.578. The Kier molecular flexibility index (Phi) is 10.9. The number of benzene rings is 1. The number of amidine groups is 1. The molecule has 4 saturated heterocycles. The SMILES string of the molecule is C=NN1C=CC(N2C[C@H]3C[C@@H]2CO3)=N/C1=C(/C)C(=O)Nc1cn([C@H]2CC[C@H](CN3CCC4(CC3)CC(Nc3cccc5c3CN(C3CCC(=O)NC3=O)C5=O)C4)CC2)nc1C(F)F. The van der Waals surface area contributed by atoms with Gasteiger partial charge in [-0.05, 0) is 114 Å².